The number of benzene rings is 2. The molecule has 0 heterocycles. The molecule has 5 heteroatoms. The third-order valence-corrected chi connectivity index (χ3v) is 2.35. The van der Waals surface area contributed by atoms with Gasteiger partial charge in [0.05, 0.1) is 0 Å². The first-order valence-electron chi connectivity index (χ1n) is 4.75. The summed E-state index contributed by atoms with van der Waals surface area (Å²) in [6, 6.07) is 10.1. The summed E-state index contributed by atoms with van der Waals surface area (Å²) in [5, 5.41) is 9.75. The Morgan fingerprint density at radius 3 is 2.65 bits per heavy atom. The first kappa shape index (κ1) is 11.1. The van der Waals surface area contributed by atoms with E-state index in [1.165, 1.54) is 6.07 Å². The van der Waals surface area contributed by atoms with E-state index in [4.69, 9.17) is 5.26 Å². The summed E-state index contributed by atoms with van der Waals surface area (Å²) in [5.41, 5.74) is 0.0118. The first-order valence-corrected chi connectivity index (χ1v) is 4.75. The van der Waals surface area contributed by atoms with E-state index in [1.807, 2.05) is 0 Å². The number of rotatable bonds is 3. The molecule has 0 aromatic heterocycles. The predicted octanol–water partition coefficient (Wildman–Crippen LogP) is 2.00. The molecule has 86 valence electrons. The van der Waals surface area contributed by atoms with Crippen molar-refractivity contribution in [1.82, 2.24) is 0 Å². The van der Waals surface area contributed by atoms with Gasteiger partial charge in [-0.3, -0.25) is 9.68 Å². The molecule has 2 aromatic carbocycles. The molecule has 17 heavy (non-hydrogen) atoms. The predicted molar refractivity (Wildman–Crippen MR) is 58.7 cm³/mol. The smallest absolute Gasteiger partial charge is 0.377 e. The normalized spacial score (nSPS) is 9.94. The third-order valence-electron chi connectivity index (χ3n) is 2.35. The average Bonchev–Trinajstić information content (AvgIpc) is 2.38. The number of hydrogen-bond donors (Lipinski definition) is 1. The third kappa shape index (κ3) is 1.95. The van der Waals surface area contributed by atoms with Crippen molar-refractivity contribution in [3.05, 3.63) is 42.0 Å². The molecule has 0 aliphatic carbocycles. The zero-order chi connectivity index (χ0) is 12.3. The maximum Gasteiger partial charge on any atom is 0.377 e. The van der Waals surface area contributed by atoms with Crippen LogP contribution in [0.25, 0.3) is 10.8 Å². The Balaban J connectivity index is 2.74. The van der Waals surface area contributed by atoms with Crippen LogP contribution in [0.15, 0.2) is 36.4 Å². The van der Waals surface area contributed by atoms with Crippen molar-refractivity contribution in [2.45, 2.75) is 0 Å². The number of ether oxygens (including phenoxy) is 1. The van der Waals surface area contributed by atoms with Crippen LogP contribution in [0.4, 0.5) is 0 Å². The van der Waals surface area contributed by atoms with E-state index in [1.54, 1.807) is 30.3 Å². The molecular weight excluding hydrogens is 224 g/mol. The number of carbonyl (C=O) groups is 2. The molecule has 0 spiro atoms. The Kier molecular flexibility index (Phi) is 3.02. The fourth-order valence-electron chi connectivity index (χ4n) is 1.66. The molecule has 0 saturated carbocycles. The molecule has 0 aliphatic rings. The van der Waals surface area contributed by atoms with E-state index < -0.39 is 5.97 Å². The van der Waals surface area contributed by atoms with Gasteiger partial charge in [0.25, 0.3) is 6.47 Å². The fraction of sp³-hybridized carbons (Fsp3) is 0. The molecule has 0 atom stereocenters. The summed E-state index contributed by atoms with van der Waals surface area (Å²) >= 11 is 0. The van der Waals surface area contributed by atoms with Gasteiger partial charge in [-0.25, -0.2) is 4.79 Å². The number of hydrogen-bond acceptors (Lipinski definition) is 5. The maximum absolute atomic E-state index is 11.5. The highest BCUT2D eigenvalue weighted by molar-refractivity contribution is 6.07. The largest absolute Gasteiger partial charge is 0.428 e. The monoisotopic (exact) mass is 232 g/mol. The van der Waals surface area contributed by atoms with Crippen molar-refractivity contribution >= 4 is 23.2 Å². The van der Waals surface area contributed by atoms with Gasteiger partial charge in [-0.2, -0.15) is 5.26 Å². The van der Waals surface area contributed by atoms with Crippen molar-refractivity contribution < 1.29 is 24.5 Å². The van der Waals surface area contributed by atoms with Crippen LogP contribution in [0, 0.1) is 0 Å². The second kappa shape index (κ2) is 4.63. The molecule has 0 aliphatic heterocycles. The van der Waals surface area contributed by atoms with Crippen LogP contribution in [0.1, 0.15) is 10.4 Å². The highest BCUT2D eigenvalue weighted by atomic mass is 17.1. The van der Waals surface area contributed by atoms with Crippen molar-refractivity contribution in [3.63, 3.8) is 0 Å². The highest BCUT2D eigenvalue weighted by Crippen LogP contribution is 2.28. The molecule has 1 N–H and O–H groups in total. The molecule has 0 radical (unpaired) electrons. The summed E-state index contributed by atoms with van der Waals surface area (Å²) < 4.78 is 4.68. The van der Waals surface area contributed by atoms with Gasteiger partial charge >= 0.3 is 5.97 Å². The lowest BCUT2D eigenvalue weighted by Crippen LogP contribution is -2.06. The molecule has 5 nitrogen and oxygen atoms in total. The number of fused-ring (bicyclic) bond motifs is 1. The Labute approximate surface area is 96.1 Å². The zero-order valence-electron chi connectivity index (χ0n) is 8.62. The zero-order valence-corrected chi connectivity index (χ0v) is 8.62. The minimum atomic E-state index is -0.973. The molecule has 0 amide bonds. The van der Waals surface area contributed by atoms with Gasteiger partial charge in [-0.05, 0) is 11.5 Å². The molecule has 2 rings (SSSR count). The maximum atomic E-state index is 11.5. The van der Waals surface area contributed by atoms with Crippen molar-refractivity contribution in [1.29, 1.82) is 0 Å². The van der Waals surface area contributed by atoms with Crippen LogP contribution in [-0.4, -0.2) is 17.7 Å². The summed E-state index contributed by atoms with van der Waals surface area (Å²) in [4.78, 5) is 25.5. The molecule has 0 unspecified atom stereocenters. The number of carbonyl (C=O) groups excluding carboxylic acids is 2. The molecule has 2 aromatic rings. The van der Waals surface area contributed by atoms with Crippen molar-refractivity contribution in [2.24, 2.45) is 0 Å². The van der Waals surface area contributed by atoms with Crippen molar-refractivity contribution in [3.8, 4) is 5.75 Å². The second-order valence-electron chi connectivity index (χ2n) is 3.25. The molecular formula is C12H8O5. The highest BCUT2D eigenvalue weighted by Gasteiger charge is 2.18. The van der Waals surface area contributed by atoms with E-state index in [0.717, 1.165) is 5.39 Å². The van der Waals surface area contributed by atoms with Gasteiger partial charge in [0, 0.05) is 5.39 Å². The Hall–Kier alpha value is -2.40. The molecule has 0 fully saturated rings. The van der Waals surface area contributed by atoms with Gasteiger partial charge in [0.1, 0.15) is 11.3 Å². The Morgan fingerprint density at radius 2 is 1.94 bits per heavy atom. The lowest BCUT2D eigenvalue weighted by molar-refractivity contribution is -0.182. The van der Waals surface area contributed by atoms with E-state index in [9.17, 15) is 9.59 Å². The standard InChI is InChI=1S/C12H8O5/c13-7-16-10-6-5-8-3-1-2-4-9(8)11(10)12(14)17-15/h1-7,15H. The summed E-state index contributed by atoms with van der Waals surface area (Å²) in [6.45, 7) is 0.207. The van der Waals surface area contributed by atoms with Gasteiger partial charge in [-0.1, -0.05) is 30.3 Å². The fourth-order valence-corrected chi connectivity index (χ4v) is 1.66. The van der Waals surface area contributed by atoms with Gasteiger partial charge in [-0.15, -0.1) is 0 Å². The Bertz CT molecular complexity index is 576. The van der Waals surface area contributed by atoms with E-state index in [0.29, 0.717) is 5.39 Å². The lowest BCUT2D eigenvalue weighted by Gasteiger charge is -2.07. The average molecular weight is 232 g/mol. The van der Waals surface area contributed by atoms with Crippen LogP contribution in [0.5, 0.6) is 5.75 Å². The SMILES string of the molecule is O=COc1ccc2ccccc2c1C(=O)OO. The van der Waals surface area contributed by atoms with Gasteiger partial charge in [0.2, 0.25) is 0 Å². The van der Waals surface area contributed by atoms with Gasteiger partial charge in [0.15, 0.2) is 0 Å². The first-order chi connectivity index (χ1) is 8.27. The van der Waals surface area contributed by atoms with Crippen LogP contribution >= 0.6 is 0 Å². The van der Waals surface area contributed by atoms with Crippen LogP contribution in [0.2, 0.25) is 0 Å². The van der Waals surface area contributed by atoms with Crippen LogP contribution in [0.3, 0.4) is 0 Å². The van der Waals surface area contributed by atoms with E-state index in [-0.39, 0.29) is 17.8 Å². The lowest BCUT2D eigenvalue weighted by atomic mass is 10.0. The topological polar surface area (TPSA) is 72.8 Å². The van der Waals surface area contributed by atoms with Crippen LogP contribution in [-0.2, 0) is 9.68 Å². The van der Waals surface area contributed by atoms with Crippen molar-refractivity contribution in [2.75, 3.05) is 0 Å². The van der Waals surface area contributed by atoms with Crippen LogP contribution < -0.4 is 4.74 Å². The molecule has 0 saturated heterocycles. The summed E-state index contributed by atoms with van der Waals surface area (Å²) in [6.07, 6.45) is 0. The summed E-state index contributed by atoms with van der Waals surface area (Å²) in [7, 11) is 0. The quantitative estimate of drug-likeness (QED) is 0.497. The molecule has 0 bridgehead atoms. The van der Waals surface area contributed by atoms with E-state index in [2.05, 4.69) is 9.62 Å². The second-order valence-corrected chi connectivity index (χ2v) is 3.25. The Morgan fingerprint density at radius 1 is 1.18 bits per heavy atom. The van der Waals surface area contributed by atoms with Gasteiger partial charge < -0.3 is 4.74 Å². The van der Waals surface area contributed by atoms with E-state index >= 15 is 0 Å². The summed E-state index contributed by atoms with van der Waals surface area (Å²) in [5.74, 6) is -0.934. The minimum absolute atomic E-state index is 0.0118. The minimum Gasteiger partial charge on any atom is -0.428 e.